The molecule has 7 nitrogen and oxygen atoms in total. The first-order valence-corrected chi connectivity index (χ1v) is 10.9. The van der Waals surface area contributed by atoms with E-state index < -0.39 is 17.7 Å². The number of hydrogen-bond donors (Lipinski definition) is 2. The van der Waals surface area contributed by atoms with Crippen molar-refractivity contribution < 1.29 is 24.5 Å². The fourth-order valence-corrected chi connectivity index (χ4v) is 4.63. The van der Waals surface area contributed by atoms with Crippen molar-refractivity contribution in [3.63, 3.8) is 0 Å². The summed E-state index contributed by atoms with van der Waals surface area (Å²) in [6.45, 7) is 4.36. The Morgan fingerprint density at radius 2 is 1.83 bits per heavy atom. The van der Waals surface area contributed by atoms with Crippen molar-refractivity contribution in [3.05, 3.63) is 63.6 Å². The fourth-order valence-electron chi connectivity index (χ4n) is 3.95. The van der Waals surface area contributed by atoms with Gasteiger partial charge in [-0.2, -0.15) is 0 Å². The van der Waals surface area contributed by atoms with Crippen LogP contribution < -0.4 is 0 Å². The van der Waals surface area contributed by atoms with Gasteiger partial charge in [-0.05, 0) is 35.6 Å². The first-order chi connectivity index (χ1) is 14.6. The van der Waals surface area contributed by atoms with Gasteiger partial charge in [-0.25, -0.2) is 0 Å². The molecule has 0 bridgehead atoms. The number of nitrogens with zero attached hydrogens (tertiary/aromatic N) is 2. The Morgan fingerprint density at radius 3 is 2.50 bits per heavy atom. The number of aliphatic hydroxyl groups excluding tert-OH is 1. The van der Waals surface area contributed by atoms with Crippen LogP contribution in [0.3, 0.4) is 0 Å². The third kappa shape index (κ3) is 4.12. The molecule has 2 aromatic rings. The molecular weight excluding hydrogens is 404 g/mol. The number of thiophene rings is 1. The molecule has 0 aliphatic carbocycles. The first kappa shape index (κ1) is 20.6. The van der Waals surface area contributed by atoms with Gasteiger partial charge in [-0.3, -0.25) is 14.5 Å². The number of morpholine rings is 1. The topological polar surface area (TPSA) is 90.3 Å². The van der Waals surface area contributed by atoms with Gasteiger partial charge in [-0.15, -0.1) is 11.3 Å². The minimum Gasteiger partial charge on any atom is -0.508 e. The molecule has 1 saturated heterocycles. The van der Waals surface area contributed by atoms with Gasteiger partial charge < -0.3 is 19.8 Å². The second-order valence-corrected chi connectivity index (χ2v) is 8.32. The lowest BCUT2D eigenvalue weighted by molar-refractivity contribution is -0.129. The second kappa shape index (κ2) is 8.99. The lowest BCUT2D eigenvalue weighted by Gasteiger charge is -2.30. The quantitative estimate of drug-likeness (QED) is 0.659. The van der Waals surface area contributed by atoms with Crippen molar-refractivity contribution >= 4 is 23.0 Å². The van der Waals surface area contributed by atoms with Crippen LogP contribution in [0.1, 0.15) is 27.7 Å². The molecule has 8 heteroatoms. The van der Waals surface area contributed by atoms with E-state index >= 15 is 0 Å². The first-order valence-electron chi connectivity index (χ1n) is 9.97. The van der Waals surface area contributed by atoms with Crippen molar-refractivity contribution in [3.8, 4) is 5.75 Å². The van der Waals surface area contributed by atoms with Crippen LogP contribution in [-0.2, 0) is 9.53 Å². The Labute approximate surface area is 178 Å². The molecule has 2 aliphatic heterocycles. The Balaban J connectivity index is 1.59. The van der Waals surface area contributed by atoms with Crippen LogP contribution in [0.4, 0.5) is 0 Å². The molecule has 2 aliphatic rings. The molecule has 1 aromatic heterocycles. The number of amides is 1. The number of carbonyl (C=O) groups is 2. The average Bonchev–Trinajstić information content (AvgIpc) is 3.38. The number of phenolic OH excluding ortho intramolecular Hbond substituents is 1. The molecule has 0 radical (unpaired) electrons. The maximum absolute atomic E-state index is 13.1. The van der Waals surface area contributed by atoms with Gasteiger partial charge in [0.15, 0.2) is 5.76 Å². The van der Waals surface area contributed by atoms with Gasteiger partial charge in [0.1, 0.15) is 5.75 Å². The third-order valence-corrected chi connectivity index (χ3v) is 6.35. The van der Waals surface area contributed by atoms with Crippen LogP contribution in [0, 0.1) is 0 Å². The zero-order valence-electron chi connectivity index (χ0n) is 16.5. The Morgan fingerprint density at radius 1 is 1.10 bits per heavy atom. The highest BCUT2D eigenvalue weighted by Crippen LogP contribution is 2.39. The van der Waals surface area contributed by atoms with Crippen LogP contribution in [-0.4, -0.2) is 71.1 Å². The van der Waals surface area contributed by atoms with E-state index in [0.29, 0.717) is 36.6 Å². The zero-order chi connectivity index (χ0) is 21.1. The highest BCUT2D eigenvalue weighted by atomic mass is 32.1. The minimum atomic E-state index is -0.683. The van der Waals surface area contributed by atoms with Crippen LogP contribution in [0.25, 0.3) is 0 Å². The molecule has 0 spiro atoms. The molecule has 1 aromatic carbocycles. The lowest BCUT2D eigenvalue weighted by Crippen LogP contribution is -2.39. The van der Waals surface area contributed by atoms with Crippen LogP contribution >= 0.6 is 11.3 Å². The summed E-state index contributed by atoms with van der Waals surface area (Å²) >= 11 is 1.28. The monoisotopic (exact) mass is 428 g/mol. The molecule has 1 unspecified atom stereocenters. The van der Waals surface area contributed by atoms with Crippen molar-refractivity contribution in [1.82, 2.24) is 9.80 Å². The van der Waals surface area contributed by atoms with Gasteiger partial charge in [0, 0.05) is 26.2 Å². The number of hydrogen-bond acceptors (Lipinski definition) is 7. The number of aromatic hydroxyl groups is 1. The molecular formula is C22H24N2O5S. The van der Waals surface area contributed by atoms with Crippen LogP contribution in [0.2, 0.25) is 0 Å². The molecule has 30 heavy (non-hydrogen) atoms. The van der Waals surface area contributed by atoms with Crippen molar-refractivity contribution in [2.45, 2.75) is 12.5 Å². The molecule has 0 saturated carbocycles. The molecule has 3 heterocycles. The standard InChI is InChI=1S/C22H24N2O5S/c25-16-6-4-15(5-7-16)19-18(20(26)17-3-1-14-30-17)21(27)22(28)24(19)9-2-8-23-10-12-29-13-11-23/h1,3-7,14,19,25,27H,2,8-13H2. The highest BCUT2D eigenvalue weighted by molar-refractivity contribution is 7.12. The predicted octanol–water partition coefficient (Wildman–Crippen LogP) is 2.75. The number of carbonyl (C=O) groups excluding carboxylic acids is 2. The molecule has 158 valence electrons. The predicted molar refractivity (Wildman–Crippen MR) is 113 cm³/mol. The highest BCUT2D eigenvalue weighted by Gasteiger charge is 2.43. The van der Waals surface area contributed by atoms with Gasteiger partial charge in [0.2, 0.25) is 5.78 Å². The van der Waals surface area contributed by atoms with Crippen LogP contribution in [0.15, 0.2) is 53.1 Å². The normalized spacial score (nSPS) is 20.2. The van der Waals surface area contributed by atoms with Gasteiger partial charge in [0.05, 0.1) is 29.7 Å². The SMILES string of the molecule is O=C(C1=C(O)C(=O)N(CCCN2CCOCC2)C1c1ccc(O)cc1)c1cccs1. The smallest absolute Gasteiger partial charge is 0.290 e. The van der Waals surface area contributed by atoms with Crippen molar-refractivity contribution in [2.75, 3.05) is 39.4 Å². The number of ketones is 1. The van der Waals surface area contributed by atoms with E-state index in [0.717, 1.165) is 19.6 Å². The number of ether oxygens (including phenoxy) is 1. The second-order valence-electron chi connectivity index (χ2n) is 7.37. The Hall–Kier alpha value is -2.68. The van der Waals surface area contributed by atoms with E-state index in [1.807, 2.05) is 0 Å². The number of aliphatic hydroxyl groups is 1. The number of phenols is 1. The van der Waals surface area contributed by atoms with Crippen molar-refractivity contribution in [2.24, 2.45) is 0 Å². The summed E-state index contributed by atoms with van der Waals surface area (Å²) in [7, 11) is 0. The molecule has 1 amide bonds. The Kier molecular flexibility index (Phi) is 6.17. The summed E-state index contributed by atoms with van der Waals surface area (Å²) in [6.07, 6.45) is 0.716. The maximum atomic E-state index is 13.1. The summed E-state index contributed by atoms with van der Waals surface area (Å²) in [5.41, 5.74) is 0.774. The fraction of sp³-hybridized carbons (Fsp3) is 0.364. The number of rotatable bonds is 7. The molecule has 1 atom stereocenters. The minimum absolute atomic E-state index is 0.0968. The summed E-state index contributed by atoms with van der Waals surface area (Å²) in [5, 5.41) is 22.1. The van der Waals surface area contributed by atoms with Gasteiger partial charge in [-0.1, -0.05) is 18.2 Å². The summed E-state index contributed by atoms with van der Waals surface area (Å²) in [4.78, 5) is 30.3. The summed E-state index contributed by atoms with van der Waals surface area (Å²) in [5.74, 6) is -1.27. The van der Waals surface area contributed by atoms with Crippen LogP contribution in [0.5, 0.6) is 5.75 Å². The van der Waals surface area contributed by atoms with Gasteiger partial charge in [0.25, 0.3) is 5.91 Å². The number of benzene rings is 1. The molecule has 1 fully saturated rings. The summed E-state index contributed by atoms with van der Waals surface area (Å²) < 4.78 is 5.37. The zero-order valence-corrected chi connectivity index (χ0v) is 17.3. The maximum Gasteiger partial charge on any atom is 0.290 e. The van der Waals surface area contributed by atoms with E-state index in [1.54, 1.807) is 34.5 Å². The van der Waals surface area contributed by atoms with E-state index in [4.69, 9.17) is 4.74 Å². The Bertz CT molecular complexity index is 933. The molecule has 4 rings (SSSR count). The largest absolute Gasteiger partial charge is 0.508 e. The summed E-state index contributed by atoms with van der Waals surface area (Å²) in [6, 6.07) is 9.18. The van der Waals surface area contributed by atoms with E-state index in [2.05, 4.69) is 4.90 Å². The van der Waals surface area contributed by atoms with E-state index in [1.165, 1.54) is 23.5 Å². The van der Waals surface area contributed by atoms with E-state index in [9.17, 15) is 19.8 Å². The van der Waals surface area contributed by atoms with Gasteiger partial charge >= 0.3 is 0 Å². The lowest BCUT2D eigenvalue weighted by atomic mass is 9.95. The molecule has 2 N–H and O–H groups in total. The van der Waals surface area contributed by atoms with Crippen molar-refractivity contribution in [1.29, 1.82) is 0 Å². The number of Topliss-reactive ketones (excluding diaryl/α,β-unsaturated/α-hetero) is 1. The third-order valence-electron chi connectivity index (χ3n) is 5.48. The van der Waals surface area contributed by atoms with E-state index in [-0.39, 0.29) is 17.1 Å². The average molecular weight is 429 g/mol.